The number of hydrogen-bond acceptors (Lipinski definition) is 5. The summed E-state index contributed by atoms with van der Waals surface area (Å²) in [7, 11) is 0. The molecule has 1 aliphatic rings. The fourth-order valence-electron chi connectivity index (χ4n) is 2.22. The Hall–Kier alpha value is -2.15. The second-order valence-corrected chi connectivity index (χ2v) is 5.58. The zero-order valence-electron chi connectivity index (χ0n) is 11.0. The van der Waals surface area contributed by atoms with Crippen molar-refractivity contribution in [1.82, 2.24) is 9.97 Å². The maximum atomic E-state index is 11.0. The molecule has 1 atom stereocenters. The molecule has 0 aliphatic carbocycles. The molecule has 1 aromatic heterocycles. The number of nitrogens with one attached hydrogen (secondary N) is 1. The van der Waals surface area contributed by atoms with Gasteiger partial charge in [-0.15, -0.1) is 0 Å². The molecule has 108 valence electrons. The van der Waals surface area contributed by atoms with Crippen LogP contribution < -0.4 is 15.8 Å². The summed E-state index contributed by atoms with van der Waals surface area (Å²) in [5.74, 6) is 0.871. The smallest absolute Gasteiger partial charge is 0.268 e. The van der Waals surface area contributed by atoms with Crippen LogP contribution in [0.5, 0.6) is 5.75 Å². The Kier molecular flexibility index (Phi) is 3.74. The lowest BCUT2D eigenvalue weighted by Gasteiger charge is -2.27. The molecule has 21 heavy (non-hydrogen) atoms. The Labute approximate surface area is 129 Å². The van der Waals surface area contributed by atoms with Crippen LogP contribution in [-0.4, -0.2) is 22.5 Å². The summed E-state index contributed by atoms with van der Waals surface area (Å²) < 4.78 is 6.63. The molecule has 1 aromatic carbocycles. The van der Waals surface area contributed by atoms with Gasteiger partial charge in [-0.1, -0.05) is 15.9 Å². The third-order valence-electron chi connectivity index (χ3n) is 3.24. The van der Waals surface area contributed by atoms with E-state index in [2.05, 4.69) is 31.2 Å². The monoisotopic (exact) mass is 348 g/mol. The van der Waals surface area contributed by atoms with Crippen molar-refractivity contribution in [2.75, 3.05) is 11.9 Å². The highest BCUT2D eigenvalue weighted by Gasteiger charge is 2.22. The maximum absolute atomic E-state index is 11.0. The first-order valence-electron chi connectivity index (χ1n) is 6.44. The van der Waals surface area contributed by atoms with Crippen molar-refractivity contribution in [2.45, 2.75) is 12.5 Å². The first kappa shape index (κ1) is 13.8. The molecule has 1 aliphatic heterocycles. The number of rotatable bonds is 3. The molecule has 0 saturated carbocycles. The number of amides is 1. The lowest BCUT2D eigenvalue weighted by molar-refractivity contribution is 0.0995. The Morgan fingerprint density at radius 1 is 1.38 bits per heavy atom. The van der Waals surface area contributed by atoms with Gasteiger partial charge in [0.2, 0.25) is 0 Å². The normalized spacial score (nSPS) is 16.7. The number of fused-ring (bicyclic) bond motifs is 1. The van der Waals surface area contributed by atoms with Gasteiger partial charge in [-0.2, -0.15) is 0 Å². The van der Waals surface area contributed by atoms with Crippen molar-refractivity contribution in [3.63, 3.8) is 0 Å². The van der Waals surface area contributed by atoms with Crippen LogP contribution in [0.25, 0.3) is 0 Å². The van der Waals surface area contributed by atoms with E-state index in [9.17, 15) is 4.79 Å². The van der Waals surface area contributed by atoms with Gasteiger partial charge >= 0.3 is 0 Å². The predicted molar refractivity (Wildman–Crippen MR) is 81.2 cm³/mol. The van der Waals surface area contributed by atoms with E-state index < -0.39 is 5.91 Å². The number of aromatic nitrogens is 2. The minimum absolute atomic E-state index is 0.0833. The van der Waals surface area contributed by atoms with Crippen molar-refractivity contribution < 1.29 is 9.53 Å². The van der Waals surface area contributed by atoms with Gasteiger partial charge in [0.05, 0.1) is 25.0 Å². The van der Waals surface area contributed by atoms with Crippen molar-refractivity contribution in [2.24, 2.45) is 5.73 Å². The Bertz CT molecular complexity index is 675. The van der Waals surface area contributed by atoms with Crippen LogP contribution in [0, 0.1) is 0 Å². The summed E-state index contributed by atoms with van der Waals surface area (Å²) in [5.41, 5.74) is 6.36. The van der Waals surface area contributed by atoms with E-state index in [0.717, 1.165) is 22.2 Å². The van der Waals surface area contributed by atoms with Gasteiger partial charge in [0.1, 0.15) is 17.3 Å². The first-order valence-corrected chi connectivity index (χ1v) is 7.23. The van der Waals surface area contributed by atoms with Gasteiger partial charge in [0, 0.05) is 16.5 Å². The zero-order valence-corrected chi connectivity index (χ0v) is 12.6. The summed E-state index contributed by atoms with van der Waals surface area (Å²) in [6.45, 7) is 0.638. The zero-order chi connectivity index (χ0) is 14.8. The molecule has 0 radical (unpaired) electrons. The van der Waals surface area contributed by atoms with E-state index in [-0.39, 0.29) is 11.7 Å². The summed E-state index contributed by atoms with van der Waals surface area (Å²) in [6.07, 6.45) is 3.70. The van der Waals surface area contributed by atoms with Crippen LogP contribution in [-0.2, 0) is 0 Å². The number of carbonyl (C=O) groups excluding carboxylic acids is 1. The Morgan fingerprint density at radius 2 is 2.24 bits per heavy atom. The second kappa shape index (κ2) is 5.69. The number of hydrogen-bond donors (Lipinski definition) is 2. The molecule has 3 N–H and O–H groups in total. The molecule has 2 heterocycles. The van der Waals surface area contributed by atoms with Crippen LogP contribution in [0.15, 0.2) is 35.1 Å². The number of anilines is 1. The minimum Gasteiger partial charge on any atom is -0.493 e. The number of carbonyl (C=O) groups is 1. The fourth-order valence-corrected chi connectivity index (χ4v) is 2.60. The van der Waals surface area contributed by atoms with Crippen LogP contribution >= 0.6 is 15.9 Å². The molecule has 2 aromatic rings. The number of ether oxygens (including phenoxy) is 1. The molecule has 1 amide bonds. The molecule has 0 spiro atoms. The number of nitrogens with two attached hydrogens (primary N) is 1. The molecule has 0 saturated heterocycles. The van der Waals surface area contributed by atoms with Crippen LogP contribution in [0.4, 0.5) is 5.82 Å². The van der Waals surface area contributed by atoms with Crippen molar-refractivity contribution in [3.8, 4) is 5.75 Å². The SMILES string of the molecule is NC(=O)c1cnc(N[C@@H]2CCOc3ccc(Br)cc32)cn1. The minimum atomic E-state index is -0.589. The molecule has 3 rings (SSSR count). The van der Waals surface area contributed by atoms with Crippen molar-refractivity contribution in [1.29, 1.82) is 0 Å². The summed E-state index contributed by atoms with van der Waals surface area (Å²) >= 11 is 3.47. The summed E-state index contributed by atoms with van der Waals surface area (Å²) in [6, 6.07) is 6.00. The van der Waals surface area contributed by atoms with E-state index in [4.69, 9.17) is 10.5 Å². The second-order valence-electron chi connectivity index (χ2n) is 4.67. The largest absolute Gasteiger partial charge is 0.493 e. The predicted octanol–water partition coefficient (Wildman–Crippen LogP) is 2.27. The van der Waals surface area contributed by atoms with Gasteiger partial charge in [-0.3, -0.25) is 4.79 Å². The van der Waals surface area contributed by atoms with Gasteiger partial charge in [-0.05, 0) is 18.2 Å². The van der Waals surface area contributed by atoms with E-state index in [1.807, 2.05) is 18.2 Å². The van der Waals surface area contributed by atoms with Gasteiger partial charge in [0.15, 0.2) is 0 Å². The van der Waals surface area contributed by atoms with Crippen LogP contribution in [0.2, 0.25) is 0 Å². The molecule has 7 heteroatoms. The van der Waals surface area contributed by atoms with Crippen LogP contribution in [0.1, 0.15) is 28.5 Å². The third-order valence-corrected chi connectivity index (χ3v) is 3.73. The standard InChI is InChI=1S/C14H13BrN4O2/c15-8-1-2-12-9(5-8)10(3-4-21-12)19-13-7-17-11(6-18-13)14(16)20/h1-2,5-7,10H,3-4H2,(H2,16,20)(H,18,19)/t10-/m1/s1. The first-order chi connectivity index (χ1) is 10.1. The van der Waals surface area contributed by atoms with E-state index in [0.29, 0.717) is 12.4 Å². The molecule has 0 fully saturated rings. The topological polar surface area (TPSA) is 90.1 Å². The molecular formula is C14H13BrN4O2. The van der Waals surface area contributed by atoms with Gasteiger partial charge in [0.25, 0.3) is 5.91 Å². The van der Waals surface area contributed by atoms with Crippen molar-refractivity contribution in [3.05, 3.63) is 46.3 Å². The molecule has 6 nitrogen and oxygen atoms in total. The van der Waals surface area contributed by atoms with E-state index in [1.165, 1.54) is 12.4 Å². The molecule has 0 bridgehead atoms. The highest BCUT2D eigenvalue weighted by molar-refractivity contribution is 9.10. The quantitative estimate of drug-likeness (QED) is 0.887. The summed E-state index contributed by atoms with van der Waals surface area (Å²) in [4.78, 5) is 19.1. The average Bonchev–Trinajstić information content (AvgIpc) is 2.48. The van der Waals surface area contributed by atoms with Crippen LogP contribution in [0.3, 0.4) is 0 Å². The summed E-state index contributed by atoms with van der Waals surface area (Å²) in [5, 5.41) is 3.30. The van der Waals surface area contributed by atoms with E-state index in [1.54, 1.807) is 0 Å². The highest BCUT2D eigenvalue weighted by atomic mass is 79.9. The lowest BCUT2D eigenvalue weighted by atomic mass is 10.0. The average molecular weight is 349 g/mol. The van der Waals surface area contributed by atoms with E-state index >= 15 is 0 Å². The number of halogens is 1. The van der Waals surface area contributed by atoms with Gasteiger partial charge < -0.3 is 15.8 Å². The fraction of sp³-hybridized carbons (Fsp3) is 0.214. The Balaban J connectivity index is 1.83. The molecular weight excluding hydrogens is 336 g/mol. The number of nitrogens with zero attached hydrogens (tertiary/aromatic N) is 2. The maximum Gasteiger partial charge on any atom is 0.268 e. The number of primary amides is 1. The molecule has 0 unspecified atom stereocenters. The lowest BCUT2D eigenvalue weighted by Crippen LogP contribution is -2.21. The van der Waals surface area contributed by atoms with Gasteiger partial charge in [-0.25, -0.2) is 9.97 Å². The number of benzene rings is 1. The highest BCUT2D eigenvalue weighted by Crippen LogP contribution is 2.35. The Morgan fingerprint density at radius 3 is 2.95 bits per heavy atom. The third kappa shape index (κ3) is 2.97. The van der Waals surface area contributed by atoms with Crippen molar-refractivity contribution >= 4 is 27.7 Å².